The summed E-state index contributed by atoms with van der Waals surface area (Å²) in [5, 5.41) is 5.69. The van der Waals surface area contributed by atoms with Crippen LogP contribution in [0.5, 0.6) is 0 Å². The quantitative estimate of drug-likeness (QED) is 0.814. The van der Waals surface area contributed by atoms with Crippen molar-refractivity contribution in [3.05, 3.63) is 20.8 Å². The third kappa shape index (κ3) is 3.37. The number of nitrogens with one attached hydrogen (secondary N) is 1. The van der Waals surface area contributed by atoms with E-state index in [1.807, 2.05) is 11.3 Å². The van der Waals surface area contributed by atoms with E-state index in [9.17, 15) is 0 Å². The van der Waals surface area contributed by atoms with Gasteiger partial charge in [0, 0.05) is 15.4 Å². The largest absolute Gasteiger partial charge is 0.309 e. The van der Waals surface area contributed by atoms with Crippen molar-refractivity contribution in [3.63, 3.8) is 0 Å². The monoisotopic (exact) mass is 275 g/mol. The number of thiophene rings is 1. The Morgan fingerprint density at radius 2 is 2.29 bits per heavy atom. The Morgan fingerprint density at radius 3 is 2.79 bits per heavy atom. The first-order valence-corrected chi connectivity index (χ1v) is 6.93. The minimum absolute atomic E-state index is 0.536. The summed E-state index contributed by atoms with van der Waals surface area (Å²) in [6.07, 6.45) is 3.80. The number of halogens is 1. The number of hydrogen-bond donors (Lipinski definition) is 1. The molecule has 0 aliphatic carbocycles. The van der Waals surface area contributed by atoms with E-state index in [1.54, 1.807) is 0 Å². The second-order valence-electron chi connectivity index (χ2n) is 3.39. The van der Waals surface area contributed by atoms with Gasteiger partial charge >= 0.3 is 0 Å². The van der Waals surface area contributed by atoms with Gasteiger partial charge in [0.25, 0.3) is 0 Å². The van der Waals surface area contributed by atoms with E-state index in [1.165, 1.54) is 28.6 Å². The molecule has 0 spiro atoms. The van der Waals surface area contributed by atoms with Gasteiger partial charge in [-0.05, 0) is 40.3 Å². The summed E-state index contributed by atoms with van der Waals surface area (Å²) in [6, 6.07) is 2.67. The minimum Gasteiger partial charge on any atom is -0.309 e. The molecule has 1 heterocycles. The van der Waals surface area contributed by atoms with Gasteiger partial charge in [-0.25, -0.2) is 0 Å². The molecule has 1 aromatic heterocycles. The highest BCUT2D eigenvalue weighted by Gasteiger charge is 2.13. The van der Waals surface area contributed by atoms with Gasteiger partial charge in [0.1, 0.15) is 0 Å². The maximum absolute atomic E-state index is 3.60. The normalized spacial score (nSPS) is 13.1. The van der Waals surface area contributed by atoms with Crippen molar-refractivity contribution in [1.82, 2.24) is 5.32 Å². The molecule has 80 valence electrons. The van der Waals surface area contributed by atoms with Crippen LogP contribution in [0.15, 0.2) is 15.9 Å². The lowest BCUT2D eigenvalue weighted by atomic mass is 10.1. The summed E-state index contributed by atoms with van der Waals surface area (Å²) in [5.41, 5.74) is 0. The van der Waals surface area contributed by atoms with Crippen molar-refractivity contribution in [3.8, 4) is 0 Å². The second kappa shape index (κ2) is 6.59. The Bertz CT molecular complexity index is 260. The molecule has 1 rings (SSSR count). The molecule has 14 heavy (non-hydrogen) atoms. The summed E-state index contributed by atoms with van der Waals surface area (Å²) in [5.74, 6) is 0. The standard InChI is InChI=1S/C11H18BrNS/c1-3-5-6-10(13-4-2)11-9(12)7-8-14-11/h7-8,10,13H,3-6H2,1-2H3. The van der Waals surface area contributed by atoms with Crippen molar-refractivity contribution >= 4 is 27.3 Å². The Morgan fingerprint density at radius 1 is 1.50 bits per heavy atom. The van der Waals surface area contributed by atoms with Gasteiger partial charge < -0.3 is 5.32 Å². The van der Waals surface area contributed by atoms with Gasteiger partial charge in [0.15, 0.2) is 0 Å². The summed E-state index contributed by atoms with van der Waals surface area (Å²) in [6.45, 7) is 5.45. The molecule has 1 atom stereocenters. The Kier molecular flexibility index (Phi) is 5.75. The Balaban J connectivity index is 2.62. The molecule has 1 N–H and O–H groups in total. The molecule has 3 heteroatoms. The molecule has 0 aliphatic heterocycles. The molecule has 0 fully saturated rings. The van der Waals surface area contributed by atoms with Crippen LogP contribution in [0.3, 0.4) is 0 Å². The predicted molar refractivity (Wildman–Crippen MR) is 68.0 cm³/mol. The maximum atomic E-state index is 3.60. The van der Waals surface area contributed by atoms with E-state index >= 15 is 0 Å². The van der Waals surface area contributed by atoms with Crippen LogP contribution in [0.1, 0.15) is 44.0 Å². The second-order valence-corrected chi connectivity index (χ2v) is 5.19. The SMILES string of the molecule is CCCCC(NCC)c1sccc1Br. The summed E-state index contributed by atoms with van der Waals surface area (Å²) >= 11 is 5.44. The average Bonchev–Trinajstić information content (AvgIpc) is 2.59. The fraction of sp³-hybridized carbons (Fsp3) is 0.636. The van der Waals surface area contributed by atoms with Crippen LogP contribution in [-0.4, -0.2) is 6.54 Å². The number of rotatable bonds is 6. The van der Waals surface area contributed by atoms with Crippen molar-refractivity contribution in [1.29, 1.82) is 0 Å². The van der Waals surface area contributed by atoms with Crippen LogP contribution in [0.25, 0.3) is 0 Å². The van der Waals surface area contributed by atoms with Crippen molar-refractivity contribution in [2.24, 2.45) is 0 Å². The zero-order chi connectivity index (χ0) is 10.4. The highest BCUT2D eigenvalue weighted by atomic mass is 79.9. The van der Waals surface area contributed by atoms with Gasteiger partial charge in [-0.15, -0.1) is 11.3 Å². The fourth-order valence-corrected chi connectivity index (χ4v) is 3.30. The smallest absolute Gasteiger partial charge is 0.0426 e. The third-order valence-electron chi connectivity index (χ3n) is 2.26. The van der Waals surface area contributed by atoms with E-state index in [2.05, 4.69) is 46.5 Å². The van der Waals surface area contributed by atoms with Gasteiger partial charge in [-0.3, -0.25) is 0 Å². The van der Waals surface area contributed by atoms with E-state index in [0.717, 1.165) is 6.54 Å². The first-order chi connectivity index (χ1) is 6.79. The van der Waals surface area contributed by atoms with Crippen LogP contribution >= 0.6 is 27.3 Å². The van der Waals surface area contributed by atoms with Gasteiger partial charge in [0.05, 0.1) is 0 Å². The van der Waals surface area contributed by atoms with Crippen LogP contribution in [0.4, 0.5) is 0 Å². The lowest BCUT2D eigenvalue weighted by Gasteiger charge is -2.16. The lowest BCUT2D eigenvalue weighted by Crippen LogP contribution is -2.20. The summed E-state index contributed by atoms with van der Waals surface area (Å²) in [4.78, 5) is 1.44. The average molecular weight is 276 g/mol. The molecule has 0 saturated heterocycles. The van der Waals surface area contributed by atoms with Crippen LogP contribution in [-0.2, 0) is 0 Å². The van der Waals surface area contributed by atoms with Gasteiger partial charge in [0.2, 0.25) is 0 Å². The molecule has 0 saturated carbocycles. The molecule has 0 aromatic carbocycles. The topological polar surface area (TPSA) is 12.0 Å². The molecular weight excluding hydrogens is 258 g/mol. The molecule has 0 radical (unpaired) electrons. The van der Waals surface area contributed by atoms with Crippen molar-refractivity contribution in [2.75, 3.05) is 6.54 Å². The van der Waals surface area contributed by atoms with Crippen molar-refractivity contribution < 1.29 is 0 Å². The third-order valence-corrected chi connectivity index (χ3v) is 4.24. The maximum Gasteiger partial charge on any atom is 0.0426 e. The minimum atomic E-state index is 0.536. The first kappa shape index (κ1) is 12.2. The van der Waals surface area contributed by atoms with Gasteiger partial charge in [-0.2, -0.15) is 0 Å². The van der Waals surface area contributed by atoms with Crippen LogP contribution in [0, 0.1) is 0 Å². The zero-order valence-electron chi connectivity index (χ0n) is 8.85. The fourth-order valence-electron chi connectivity index (χ4n) is 1.53. The molecule has 0 aliphatic rings. The summed E-state index contributed by atoms with van der Waals surface area (Å²) < 4.78 is 1.25. The summed E-state index contributed by atoms with van der Waals surface area (Å²) in [7, 11) is 0. The first-order valence-electron chi connectivity index (χ1n) is 5.25. The highest BCUT2D eigenvalue weighted by Crippen LogP contribution is 2.31. The van der Waals surface area contributed by atoms with Crippen LogP contribution < -0.4 is 5.32 Å². The Hall–Kier alpha value is 0.140. The molecule has 0 bridgehead atoms. The zero-order valence-corrected chi connectivity index (χ0v) is 11.2. The number of unbranched alkanes of at least 4 members (excludes halogenated alkanes) is 1. The lowest BCUT2D eigenvalue weighted by molar-refractivity contribution is 0.500. The molecule has 0 amide bonds. The molecule has 1 unspecified atom stereocenters. The number of hydrogen-bond acceptors (Lipinski definition) is 2. The predicted octanol–water partition coefficient (Wildman–Crippen LogP) is 4.35. The van der Waals surface area contributed by atoms with E-state index in [0.29, 0.717) is 6.04 Å². The van der Waals surface area contributed by atoms with E-state index in [-0.39, 0.29) is 0 Å². The molecule has 1 nitrogen and oxygen atoms in total. The van der Waals surface area contributed by atoms with Gasteiger partial charge in [-0.1, -0.05) is 26.7 Å². The molecular formula is C11H18BrNS. The van der Waals surface area contributed by atoms with Crippen LogP contribution in [0.2, 0.25) is 0 Å². The van der Waals surface area contributed by atoms with E-state index in [4.69, 9.17) is 0 Å². The Labute approximate surface area is 99.0 Å². The highest BCUT2D eigenvalue weighted by molar-refractivity contribution is 9.10. The molecule has 1 aromatic rings. The van der Waals surface area contributed by atoms with E-state index < -0.39 is 0 Å². The van der Waals surface area contributed by atoms with Crippen molar-refractivity contribution in [2.45, 2.75) is 39.2 Å².